The molecule has 0 radical (unpaired) electrons. The average Bonchev–Trinajstić information content (AvgIpc) is 2.22. The molecule has 1 fully saturated rings. The Labute approximate surface area is 108 Å². The molecule has 0 aromatic heterocycles. The molecule has 4 nitrogen and oxygen atoms in total. The van der Waals surface area contributed by atoms with E-state index >= 15 is 0 Å². The highest BCUT2D eigenvalue weighted by atomic mass is 31.2. The van der Waals surface area contributed by atoms with Gasteiger partial charge in [0, 0.05) is 5.41 Å². The van der Waals surface area contributed by atoms with Gasteiger partial charge in [0.05, 0.1) is 13.2 Å². The van der Waals surface area contributed by atoms with Gasteiger partial charge in [0.1, 0.15) is 5.75 Å². The molecule has 1 aliphatic heterocycles. The van der Waals surface area contributed by atoms with Crippen LogP contribution in [0.15, 0.2) is 18.2 Å². The number of hydrogen-bond donors (Lipinski definition) is 0. The molecule has 0 atom stereocenters. The SMILES string of the molecule is Cc1cc(C)cc(OP2(=O)OCC(C)(C)CO2)c1. The van der Waals surface area contributed by atoms with E-state index in [2.05, 4.69) is 0 Å². The van der Waals surface area contributed by atoms with Crippen LogP contribution in [0.2, 0.25) is 0 Å². The minimum atomic E-state index is -3.45. The third-order valence-corrected chi connectivity index (χ3v) is 3.96. The highest BCUT2D eigenvalue weighted by Crippen LogP contribution is 2.54. The van der Waals surface area contributed by atoms with E-state index in [1.807, 2.05) is 45.9 Å². The van der Waals surface area contributed by atoms with Crippen LogP contribution in [0.1, 0.15) is 25.0 Å². The monoisotopic (exact) mass is 270 g/mol. The number of phosphoric ester groups is 1. The summed E-state index contributed by atoms with van der Waals surface area (Å²) in [5.41, 5.74) is 1.97. The predicted molar refractivity (Wildman–Crippen MR) is 69.8 cm³/mol. The van der Waals surface area contributed by atoms with Crippen LogP contribution in [0.25, 0.3) is 0 Å². The van der Waals surface area contributed by atoms with E-state index < -0.39 is 7.82 Å². The summed E-state index contributed by atoms with van der Waals surface area (Å²) >= 11 is 0. The lowest BCUT2D eigenvalue weighted by Gasteiger charge is -2.32. The van der Waals surface area contributed by atoms with Gasteiger partial charge in [-0.1, -0.05) is 19.9 Å². The quantitative estimate of drug-likeness (QED) is 0.765. The summed E-state index contributed by atoms with van der Waals surface area (Å²) in [4.78, 5) is 0. The molecule has 2 rings (SSSR count). The molecule has 5 heteroatoms. The molecular formula is C13H19O4P. The van der Waals surface area contributed by atoms with Crippen molar-refractivity contribution < 1.29 is 18.1 Å². The van der Waals surface area contributed by atoms with Gasteiger partial charge in [0.2, 0.25) is 0 Å². The van der Waals surface area contributed by atoms with Crippen LogP contribution in [-0.2, 0) is 13.6 Å². The fraction of sp³-hybridized carbons (Fsp3) is 0.538. The maximum atomic E-state index is 12.2. The van der Waals surface area contributed by atoms with E-state index in [1.165, 1.54) is 0 Å². The standard InChI is InChI=1S/C13H19O4P/c1-10-5-11(2)7-12(6-10)17-18(14)15-8-13(3,4)9-16-18/h5-7H,8-9H2,1-4H3. The van der Waals surface area contributed by atoms with Crippen molar-refractivity contribution in [3.63, 3.8) is 0 Å². The van der Waals surface area contributed by atoms with Crippen molar-refractivity contribution in [3.05, 3.63) is 29.3 Å². The Balaban J connectivity index is 2.12. The number of hydrogen-bond acceptors (Lipinski definition) is 4. The van der Waals surface area contributed by atoms with Crippen LogP contribution in [-0.4, -0.2) is 13.2 Å². The van der Waals surface area contributed by atoms with E-state index in [9.17, 15) is 4.57 Å². The first kappa shape index (κ1) is 13.6. The molecule has 1 heterocycles. The lowest BCUT2D eigenvalue weighted by molar-refractivity contribution is 0.0182. The number of rotatable bonds is 2. The number of benzene rings is 1. The summed E-state index contributed by atoms with van der Waals surface area (Å²) in [6, 6.07) is 5.66. The van der Waals surface area contributed by atoms with Gasteiger partial charge in [-0.2, -0.15) is 0 Å². The Bertz CT molecular complexity index is 462. The molecule has 1 aromatic rings. The van der Waals surface area contributed by atoms with Crippen LogP contribution in [0, 0.1) is 19.3 Å². The van der Waals surface area contributed by atoms with E-state index in [-0.39, 0.29) is 5.41 Å². The van der Waals surface area contributed by atoms with Gasteiger partial charge in [-0.3, -0.25) is 9.05 Å². The smallest absolute Gasteiger partial charge is 0.404 e. The van der Waals surface area contributed by atoms with E-state index in [1.54, 1.807) is 0 Å². The van der Waals surface area contributed by atoms with Crippen LogP contribution in [0.5, 0.6) is 5.75 Å². The Morgan fingerprint density at radius 3 is 2.11 bits per heavy atom. The van der Waals surface area contributed by atoms with Gasteiger partial charge in [0.15, 0.2) is 0 Å². The zero-order valence-electron chi connectivity index (χ0n) is 11.2. The fourth-order valence-electron chi connectivity index (χ4n) is 1.75. The van der Waals surface area contributed by atoms with E-state index in [0.29, 0.717) is 19.0 Å². The predicted octanol–water partition coefficient (Wildman–Crippen LogP) is 3.86. The second-order valence-electron chi connectivity index (χ2n) is 5.57. The largest absolute Gasteiger partial charge is 0.530 e. The fourth-order valence-corrected chi connectivity index (χ4v) is 3.31. The van der Waals surface area contributed by atoms with Gasteiger partial charge in [0.25, 0.3) is 0 Å². The minimum absolute atomic E-state index is 0.125. The second-order valence-corrected chi connectivity index (χ2v) is 7.17. The van der Waals surface area contributed by atoms with Gasteiger partial charge >= 0.3 is 7.82 Å². The van der Waals surface area contributed by atoms with Crippen molar-refractivity contribution in [3.8, 4) is 5.75 Å². The highest BCUT2D eigenvalue weighted by molar-refractivity contribution is 7.49. The van der Waals surface area contributed by atoms with Crippen LogP contribution in [0.4, 0.5) is 0 Å². The van der Waals surface area contributed by atoms with Crippen molar-refractivity contribution in [1.29, 1.82) is 0 Å². The molecule has 1 aliphatic rings. The maximum absolute atomic E-state index is 12.2. The molecule has 0 unspecified atom stereocenters. The van der Waals surface area contributed by atoms with Crippen molar-refractivity contribution in [2.24, 2.45) is 5.41 Å². The maximum Gasteiger partial charge on any atom is 0.530 e. The molecule has 0 saturated carbocycles. The van der Waals surface area contributed by atoms with Crippen molar-refractivity contribution in [1.82, 2.24) is 0 Å². The minimum Gasteiger partial charge on any atom is -0.404 e. The highest BCUT2D eigenvalue weighted by Gasteiger charge is 2.39. The normalized spacial score (nSPS) is 21.6. The third-order valence-electron chi connectivity index (χ3n) is 2.64. The molecule has 0 spiro atoms. The summed E-state index contributed by atoms with van der Waals surface area (Å²) < 4.78 is 28.2. The van der Waals surface area contributed by atoms with Crippen LogP contribution >= 0.6 is 7.82 Å². The molecule has 0 aliphatic carbocycles. The molecule has 0 N–H and O–H groups in total. The van der Waals surface area contributed by atoms with Crippen molar-refractivity contribution in [2.75, 3.05) is 13.2 Å². The first-order valence-electron chi connectivity index (χ1n) is 5.95. The Kier molecular flexibility index (Phi) is 3.54. The third kappa shape index (κ3) is 3.35. The van der Waals surface area contributed by atoms with Gasteiger partial charge in [-0.25, -0.2) is 4.57 Å². The first-order valence-corrected chi connectivity index (χ1v) is 7.41. The molecule has 0 bridgehead atoms. The van der Waals surface area contributed by atoms with Crippen LogP contribution in [0.3, 0.4) is 0 Å². The topological polar surface area (TPSA) is 44.8 Å². The Morgan fingerprint density at radius 2 is 1.61 bits per heavy atom. The molecular weight excluding hydrogens is 251 g/mol. The summed E-state index contributed by atoms with van der Waals surface area (Å²) in [5, 5.41) is 0. The molecule has 1 aromatic carbocycles. The van der Waals surface area contributed by atoms with Gasteiger partial charge in [-0.05, 0) is 37.1 Å². The number of phosphoric acid groups is 1. The average molecular weight is 270 g/mol. The van der Waals surface area contributed by atoms with Crippen LogP contribution < -0.4 is 4.52 Å². The van der Waals surface area contributed by atoms with Gasteiger partial charge in [-0.15, -0.1) is 0 Å². The Morgan fingerprint density at radius 1 is 1.11 bits per heavy atom. The summed E-state index contributed by atoms with van der Waals surface area (Å²) in [6.07, 6.45) is 0. The molecule has 0 amide bonds. The van der Waals surface area contributed by atoms with Crippen molar-refractivity contribution >= 4 is 7.82 Å². The summed E-state index contributed by atoms with van der Waals surface area (Å²) in [5.74, 6) is 0.524. The first-order chi connectivity index (χ1) is 8.28. The summed E-state index contributed by atoms with van der Waals surface area (Å²) in [6.45, 7) is 8.65. The summed E-state index contributed by atoms with van der Waals surface area (Å²) in [7, 11) is -3.45. The lowest BCUT2D eigenvalue weighted by Crippen LogP contribution is -2.30. The van der Waals surface area contributed by atoms with E-state index in [0.717, 1.165) is 11.1 Å². The molecule has 1 saturated heterocycles. The van der Waals surface area contributed by atoms with E-state index in [4.69, 9.17) is 13.6 Å². The zero-order valence-corrected chi connectivity index (χ0v) is 12.1. The molecule has 18 heavy (non-hydrogen) atoms. The number of aryl methyl sites for hydroxylation is 2. The van der Waals surface area contributed by atoms with Gasteiger partial charge < -0.3 is 4.52 Å². The second kappa shape index (κ2) is 4.69. The lowest BCUT2D eigenvalue weighted by atomic mass is 9.97. The van der Waals surface area contributed by atoms with Crippen molar-refractivity contribution in [2.45, 2.75) is 27.7 Å². The molecule has 100 valence electrons. The Hall–Kier alpha value is -0.830. The zero-order chi connectivity index (χ0) is 13.4.